The van der Waals surface area contributed by atoms with Crippen LogP contribution in [0.1, 0.15) is 44.1 Å². The molecule has 2 aromatic rings. The monoisotopic (exact) mass is 369 g/mol. The Morgan fingerprint density at radius 1 is 1.19 bits per heavy atom. The number of hydrogen-bond donors (Lipinski definition) is 2. The van der Waals surface area contributed by atoms with Crippen LogP contribution in [-0.4, -0.2) is 35.4 Å². The summed E-state index contributed by atoms with van der Waals surface area (Å²) in [6, 6.07) is 10.3. The number of nitrogens with one attached hydrogen (secondary N) is 2. The molecule has 2 N–H and O–H groups in total. The molecule has 6 nitrogen and oxygen atoms in total. The van der Waals surface area contributed by atoms with E-state index in [9.17, 15) is 0 Å². The maximum atomic E-state index is 6.09. The van der Waals surface area contributed by atoms with Gasteiger partial charge >= 0.3 is 0 Å². The van der Waals surface area contributed by atoms with Gasteiger partial charge in [-0.05, 0) is 55.9 Å². The summed E-state index contributed by atoms with van der Waals surface area (Å²) >= 11 is 0. The summed E-state index contributed by atoms with van der Waals surface area (Å²) in [5, 5.41) is 10.9. The molecule has 0 unspecified atom stereocenters. The van der Waals surface area contributed by atoms with Crippen molar-refractivity contribution in [1.29, 1.82) is 0 Å². The molecule has 0 saturated heterocycles. The summed E-state index contributed by atoms with van der Waals surface area (Å²) in [4.78, 5) is 4.28. The Morgan fingerprint density at radius 3 is 2.70 bits per heavy atom. The van der Waals surface area contributed by atoms with Gasteiger partial charge in [-0.25, -0.2) is 0 Å². The van der Waals surface area contributed by atoms with Crippen LogP contribution in [0.25, 0.3) is 0 Å². The predicted octanol–water partition coefficient (Wildman–Crippen LogP) is 3.35. The van der Waals surface area contributed by atoms with Gasteiger partial charge in [-0.1, -0.05) is 18.6 Å². The van der Waals surface area contributed by atoms with Crippen molar-refractivity contribution in [2.45, 2.75) is 57.7 Å². The van der Waals surface area contributed by atoms with Gasteiger partial charge in [0.15, 0.2) is 5.96 Å². The maximum absolute atomic E-state index is 6.09. The Bertz CT molecular complexity index is 675. The van der Waals surface area contributed by atoms with Crippen molar-refractivity contribution in [1.82, 2.24) is 20.4 Å². The molecule has 27 heavy (non-hydrogen) atoms. The molecule has 1 aliphatic carbocycles. The Labute approximate surface area is 162 Å². The number of nitrogens with zero attached hydrogens (tertiary/aromatic N) is 3. The number of hydrogen-bond acceptors (Lipinski definition) is 3. The molecule has 1 aliphatic rings. The average Bonchev–Trinajstić information content (AvgIpc) is 3.23. The van der Waals surface area contributed by atoms with Crippen molar-refractivity contribution >= 4 is 5.96 Å². The van der Waals surface area contributed by atoms with Gasteiger partial charge in [-0.3, -0.25) is 9.67 Å². The number of aliphatic imine (C=N–C) groups is 1. The van der Waals surface area contributed by atoms with E-state index in [1.807, 2.05) is 16.9 Å². The summed E-state index contributed by atoms with van der Waals surface area (Å²) in [5.41, 5.74) is 1.21. The first-order valence-corrected chi connectivity index (χ1v) is 10.0. The predicted molar refractivity (Wildman–Crippen MR) is 109 cm³/mol. The molecule has 1 aromatic carbocycles. The Morgan fingerprint density at radius 2 is 2.00 bits per heavy atom. The largest absolute Gasteiger partial charge is 0.490 e. The van der Waals surface area contributed by atoms with Gasteiger partial charge in [0.1, 0.15) is 5.75 Å². The van der Waals surface area contributed by atoms with Gasteiger partial charge < -0.3 is 15.4 Å². The lowest BCUT2D eigenvalue weighted by atomic mass is 9.98. The zero-order valence-electron chi connectivity index (χ0n) is 16.2. The second-order valence-electron chi connectivity index (χ2n) is 7.00. The standard InChI is InChI=1S/C21H31N5O/c1-22-21(23-13-5-15-26-16-6-14-25-26)24-17-18-9-11-20(12-10-18)27-19-7-3-2-4-8-19/h6,9-12,14,16,19H,2-5,7-8,13,15,17H2,1H3,(H2,22,23,24). The lowest BCUT2D eigenvalue weighted by Crippen LogP contribution is -2.37. The topological polar surface area (TPSA) is 63.5 Å². The van der Waals surface area contributed by atoms with E-state index in [2.05, 4.69) is 45.0 Å². The molecule has 1 heterocycles. The third-order valence-electron chi connectivity index (χ3n) is 4.88. The van der Waals surface area contributed by atoms with Crippen molar-refractivity contribution in [3.63, 3.8) is 0 Å². The van der Waals surface area contributed by atoms with Crippen LogP contribution in [0.2, 0.25) is 0 Å². The first kappa shape index (κ1) is 19.3. The first-order chi connectivity index (χ1) is 13.3. The van der Waals surface area contributed by atoms with Crippen LogP contribution in [-0.2, 0) is 13.1 Å². The van der Waals surface area contributed by atoms with E-state index in [1.165, 1.54) is 37.7 Å². The van der Waals surface area contributed by atoms with Gasteiger partial charge in [-0.15, -0.1) is 0 Å². The number of aryl methyl sites for hydroxylation is 1. The van der Waals surface area contributed by atoms with Crippen LogP contribution in [0.15, 0.2) is 47.7 Å². The van der Waals surface area contributed by atoms with E-state index in [4.69, 9.17) is 4.74 Å². The van der Waals surface area contributed by atoms with Crippen LogP contribution in [0.5, 0.6) is 5.75 Å². The third kappa shape index (κ3) is 6.62. The smallest absolute Gasteiger partial charge is 0.191 e. The van der Waals surface area contributed by atoms with Gasteiger partial charge in [0.2, 0.25) is 0 Å². The Hall–Kier alpha value is -2.50. The third-order valence-corrected chi connectivity index (χ3v) is 4.88. The number of benzene rings is 1. The lowest BCUT2D eigenvalue weighted by molar-refractivity contribution is 0.155. The zero-order valence-corrected chi connectivity index (χ0v) is 16.2. The zero-order chi connectivity index (χ0) is 18.7. The molecule has 1 fully saturated rings. The molecule has 146 valence electrons. The molecular formula is C21H31N5O. The highest BCUT2D eigenvalue weighted by molar-refractivity contribution is 5.79. The van der Waals surface area contributed by atoms with E-state index in [1.54, 1.807) is 13.2 Å². The summed E-state index contributed by atoms with van der Waals surface area (Å²) in [6.45, 7) is 2.50. The number of aromatic nitrogens is 2. The molecule has 0 radical (unpaired) electrons. The number of rotatable bonds is 8. The van der Waals surface area contributed by atoms with Crippen molar-refractivity contribution in [2.75, 3.05) is 13.6 Å². The molecule has 3 rings (SSSR count). The molecule has 1 saturated carbocycles. The van der Waals surface area contributed by atoms with E-state index >= 15 is 0 Å². The molecule has 0 bridgehead atoms. The fourth-order valence-corrected chi connectivity index (χ4v) is 3.35. The van der Waals surface area contributed by atoms with Gasteiger partial charge in [-0.2, -0.15) is 5.10 Å². The molecule has 6 heteroatoms. The highest BCUT2D eigenvalue weighted by atomic mass is 16.5. The van der Waals surface area contributed by atoms with Crippen LogP contribution in [0, 0.1) is 0 Å². The minimum Gasteiger partial charge on any atom is -0.490 e. The lowest BCUT2D eigenvalue weighted by Gasteiger charge is -2.23. The van der Waals surface area contributed by atoms with Crippen molar-refractivity contribution < 1.29 is 4.74 Å². The number of guanidine groups is 1. The van der Waals surface area contributed by atoms with Crippen molar-refractivity contribution in [3.8, 4) is 5.75 Å². The second-order valence-corrected chi connectivity index (χ2v) is 7.00. The van der Waals surface area contributed by atoms with Gasteiger partial charge in [0.25, 0.3) is 0 Å². The van der Waals surface area contributed by atoms with Crippen molar-refractivity contribution in [2.24, 2.45) is 4.99 Å². The minimum atomic E-state index is 0.396. The molecule has 0 atom stereocenters. The van der Waals surface area contributed by atoms with Crippen LogP contribution < -0.4 is 15.4 Å². The fourth-order valence-electron chi connectivity index (χ4n) is 3.35. The van der Waals surface area contributed by atoms with Crippen LogP contribution >= 0.6 is 0 Å². The Kier molecular flexibility index (Phi) is 7.56. The molecule has 0 amide bonds. The molecular weight excluding hydrogens is 338 g/mol. The molecule has 1 aromatic heterocycles. The SMILES string of the molecule is CN=C(NCCCn1cccn1)NCc1ccc(OC2CCCCC2)cc1. The average molecular weight is 370 g/mol. The van der Waals surface area contributed by atoms with Gasteiger partial charge in [0, 0.05) is 39.1 Å². The second kappa shape index (κ2) is 10.6. The van der Waals surface area contributed by atoms with Gasteiger partial charge in [0.05, 0.1) is 6.10 Å². The summed E-state index contributed by atoms with van der Waals surface area (Å²) in [6.07, 6.45) is 11.5. The highest BCUT2D eigenvalue weighted by Gasteiger charge is 2.14. The minimum absolute atomic E-state index is 0.396. The molecule has 0 aliphatic heterocycles. The summed E-state index contributed by atoms with van der Waals surface area (Å²) < 4.78 is 8.03. The normalized spacial score (nSPS) is 15.5. The van der Waals surface area contributed by atoms with Crippen molar-refractivity contribution in [3.05, 3.63) is 48.3 Å². The fraction of sp³-hybridized carbons (Fsp3) is 0.524. The maximum Gasteiger partial charge on any atom is 0.191 e. The van der Waals surface area contributed by atoms with E-state index in [-0.39, 0.29) is 0 Å². The van der Waals surface area contributed by atoms with E-state index in [0.717, 1.165) is 37.8 Å². The van der Waals surface area contributed by atoms with E-state index in [0.29, 0.717) is 6.10 Å². The quantitative estimate of drug-likeness (QED) is 0.425. The summed E-state index contributed by atoms with van der Waals surface area (Å²) in [7, 11) is 1.80. The van der Waals surface area contributed by atoms with E-state index < -0.39 is 0 Å². The number of ether oxygens (including phenoxy) is 1. The molecule has 0 spiro atoms. The highest BCUT2D eigenvalue weighted by Crippen LogP contribution is 2.23. The Balaban J connectivity index is 1.36. The van der Waals surface area contributed by atoms with Crippen LogP contribution in [0.4, 0.5) is 0 Å². The first-order valence-electron chi connectivity index (χ1n) is 10.0. The van der Waals surface area contributed by atoms with Crippen LogP contribution in [0.3, 0.4) is 0 Å². The summed E-state index contributed by atoms with van der Waals surface area (Å²) in [5.74, 6) is 1.80.